The highest BCUT2D eigenvalue weighted by atomic mass is 35.5. The Bertz CT molecular complexity index is 439. The highest BCUT2D eigenvalue weighted by molar-refractivity contribution is 7.93. The molecule has 0 aliphatic rings. The molecule has 4 nitrogen and oxygen atoms in total. The molecule has 0 unspecified atom stereocenters. The van der Waals surface area contributed by atoms with Gasteiger partial charge in [-0.25, -0.2) is 13.4 Å². The van der Waals surface area contributed by atoms with Crippen LogP contribution in [0.25, 0.3) is 0 Å². The van der Waals surface area contributed by atoms with Gasteiger partial charge in [-0.2, -0.15) is 0 Å². The summed E-state index contributed by atoms with van der Waals surface area (Å²) in [6.45, 7) is 3.15. The van der Waals surface area contributed by atoms with E-state index < -0.39 is 15.3 Å². The number of sulfonamides is 1. The molecule has 1 N–H and O–H groups in total. The molecule has 0 spiro atoms. The van der Waals surface area contributed by atoms with Crippen molar-refractivity contribution in [3.63, 3.8) is 0 Å². The number of hydrogen-bond donors (Lipinski definition) is 1. The SMILES string of the molecule is CC(C)S(=O)(=O)Nc1cc(Cl)nc(Cl)c1. The molecule has 0 aromatic carbocycles. The van der Waals surface area contributed by atoms with Crippen LogP contribution in [0.3, 0.4) is 0 Å². The summed E-state index contributed by atoms with van der Waals surface area (Å²) in [6, 6.07) is 2.79. The largest absolute Gasteiger partial charge is 0.283 e. The lowest BCUT2D eigenvalue weighted by atomic mass is 10.4. The predicted molar refractivity (Wildman–Crippen MR) is 61.9 cm³/mol. The summed E-state index contributed by atoms with van der Waals surface area (Å²) in [5, 5.41) is -0.240. The van der Waals surface area contributed by atoms with Crippen molar-refractivity contribution in [2.45, 2.75) is 19.1 Å². The summed E-state index contributed by atoms with van der Waals surface area (Å²) < 4.78 is 25.4. The van der Waals surface area contributed by atoms with Gasteiger partial charge in [-0.1, -0.05) is 23.2 Å². The van der Waals surface area contributed by atoms with E-state index in [4.69, 9.17) is 23.2 Å². The number of anilines is 1. The maximum Gasteiger partial charge on any atom is 0.235 e. The molecule has 1 aromatic rings. The fourth-order valence-electron chi connectivity index (χ4n) is 0.806. The minimum atomic E-state index is -3.38. The average molecular weight is 269 g/mol. The van der Waals surface area contributed by atoms with Crippen molar-refractivity contribution in [2.24, 2.45) is 0 Å². The van der Waals surface area contributed by atoms with Gasteiger partial charge in [0.1, 0.15) is 10.3 Å². The Kier molecular flexibility index (Phi) is 3.81. The maximum absolute atomic E-state index is 11.5. The molecule has 0 saturated heterocycles. The van der Waals surface area contributed by atoms with Crippen LogP contribution in [0.4, 0.5) is 5.69 Å². The number of hydrogen-bond acceptors (Lipinski definition) is 3. The Labute approximate surface area is 98.7 Å². The molecule has 0 amide bonds. The van der Waals surface area contributed by atoms with Gasteiger partial charge in [-0.15, -0.1) is 0 Å². The normalized spacial score (nSPS) is 11.8. The Morgan fingerprint density at radius 3 is 2.13 bits per heavy atom. The Balaban J connectivity index is 3.00. The standard InChI is InChI=1S/C8H10Cl2N2O2S/c1-5(2)15(13,14)12-6-3-7(9)11-8(10)4-6/h3-5H,1-2H3,(H,11,12). The number of nitrogens with zero attached hydrogens (tertiary/aromatic N) is 1. The van der Waals surface area contributed by atoms with Crippen molar-refractivity contribution >= 4 is 38.9 Å². The molecule has 0 aliphatic carbocycles. The molecule has 1 heterocycles. The fraction of sp³-hybridized carbons (Fsp3) is 0.375. The lowest BCUT2D eigenvalue weighted by molar-refractivity contribution is 0.593. The van der Waals surface area contributed by atoms with Crippen LogP contribution < -0.4 is 4.72 Å². The number of aromatic nitrogens is 1. The van der Waals surface area contributed by atoms with E-state index >= 15 is 0 Å². The quantitative estimate of drug-likeness (QED) is 0.858. The molecular weight excluding hydrogens is 259 g/mol. The second-order valence-corrected chi connectivity index (χ2v) is 6.21. The number of nitrogens with one attached hydrogen (secondary N) is 1. The van der Waals surface area contributed by atoms with Gasteiger partial charge >= 0.3 is 0 Å². The molecule has 0 bridgehead atoms. The number of pyridine rings is 1. The first-order chi connectivity index (χ1) is 6.81. The molecule has 0 saturated carbocycles. The third kappa shape index (κ3) is 3.52. The molecule has 7 heteroatoms. The summed E-state index contributed by atoms with van der Waals surface area (Å²) in [4.78, 5) is 3.71. The number of halogens is 2. The van der Waals surface area contributed by atoms with Gasteiger partial charge in [-0.05, 0) is 26.0 Å². The van der Waals surface area contributed by atoms with E-state index in [9.17, 15) is 8.42 Å². The summed E-state index contributed by atoms with van der Waals surface area (Å²) in [5.74, 6) is 0. The van der Waals surface area contributed by atoms with Crippen LogP contribution in [0.5, 0.6) is 0 Å². The van der Waals surface area contributed by atoms with Crippen molar-refractivity contribution in [2.75, 3.05) is 4.72 Å². The van der Waals surface area contributed by atoms with Crippen LogP contribution in [-0.2, 0) is 10.0 Å². The second kappa shape index (κ2) is 4.55. The van der Waals surface area contributed by atoms with E-state index in [2.05, 4.69) is 9.71 Å². The molecule has 1 rings (SSSR count). The molecule has 0 aliphatic heterocycles. The van der Waals surface area contributed by atoms with Crippen LogP contribution in [-0.4, -0.2) is 18.7 Å². The van der Waals surface area contributed by atoms with Crippen LogP contribution in [0.15, 0.2) is 12.1 Å². The van der Waals surface area contributed by atoms with Crippen LogP contribution in [0.2, 0.25) is 10.3 Å². The zero-order valence-corrected chi connectivity index (χ0v) is 10.5. The van der Waals surface area contributed by atoms with Crippen molar-refractivity contribution in [3.05, 3.63) is 22.4 Å². The minimum absolute atomic E-state index is 0.143. The van der Waals surface area contributed by atoms with Gasteiger partial charge < -0.3 is 0 Å². The van der Waals surface area contributed by atoms with Gasteiger partial charge in [0.15, 0.2) is 0 Å². The van der Waals surface area contributed by atoms with Gasteiger partial charge in [0.25, 0.3) is 0 Å². The Morgan fingerprint density at radius 1 is 1.27 bits per heavy atom. The van der Waals surface area contributed by atoms with E-state index in [1.807, 2.05) is 0 Å². The molecule has 0 radical (unpaired) electrons. The number of rotatable bonds is 3. The topological polar surface area (TPSA) is 59.1 Å². The molecule has 0 atom stereocenters. The van der Waals surface area contributed by atoms with Crippen molar-refractivity contribution in [1.29, 1.82) is 0 Å². The fourth-order valence-corrected chi connectivity index (χ4v) is 1.95. The van der Waals surface area contributed by atoms with Gasteiger partial charge in [0, 0.05) is 0 Å². The smallest absolute Gasteiger partial charge is 0.235 e. The lowest BCUT2D eigenvalue weighted by Crippen LogP contribution is -2.22. The predicted octanol–water partition coefficient (Wildman–Crippen LogP) is 2.54. The van der Waals surface area contributed by atoms with Crippen LogP contribution >= 0.6 is 23.2 Å². The van der Waals surface area contributed by atoms with Gasteiger partial charge in [0.05, 0.1) is 10.9 Å². The highest BCUT2D eigenvalue weighted by Crippen LogP contribution is 2.20. The van der Waals surface area contributed by atoms with E-state index in [-0.39, 0.29) is 10.3 Å². The lowest BCUT2D eigenvalue weighted by Gasteiger charge is -2.10. The molecular formula is C8H10Cl2N2O2S. The molecule has 15 heavy (non-hydrogen) atoms. The first-order valence-corrected chi connectivity index (χ1v) is 6.46. The zero-order chi connectivity index (χ0) is 11.6. The first kappa shape index (κ1) is 12.5. The Morgan fingerprint density at radius 2 is 1.73 bits per heavy atom. The molecule has 0 fully saturated rings. The maximum atomic E-state index is 11.5. The zero-order valence-electron chi connectivity index (χ0n) is 8.16. The monoisotopic (exact) mass is 268 g/mol. The third-order valence-corrected chi connectivity index (χ3v) is 3.79. The van der Waals surface area contributed by atoms with E-state index in [0.29, 0.717) is 5.69 Å². The van der Waals surface area contributed by atoms with Crippen molar-refractivity contribution in [3.8, 4) is 0 Å². The summed E-state index contributed by atoms with van der Waals surface area (Å²) in [7, 11) is -3.38. The third-order valence-electron chi connectivity index (χ3n) is 1.64. The van der Waals surface area contributed by atoms with Crippen LogP contribution in [0.1, 0.15) is 13.8 Å². The van der Waals surface area contributed by atoms with Crippen LogP contribution in [0, 0.1) is 0 Å². The first-order valence-electron chi connectivity index (χ1n) is 4.16. The van der Waals surface area contributed by atoms with Gasteiger partial charge in [-0.3, -0.25) is 4.72 Å². The summed E-state index contributed by atoms with van der Waals surface area (Å²) in [6.07, 6.45) is 0. The highest BCUT2D eigenvalue weighted by Gasteiger charge is 2.16. The Hall–Kier alpha value is -0.520. The van der Waals surface area contributed by atoms with E-state index in [0.717, 1.165) is 0 Å². The van der Waals surface area contributed by atoms with E-state index in [1.165, 1.54) is 12.1 Å². The summed E-state index contributed by atoms with van der Waals surface area (Å²) >= 11 is 11.3. The summed E-state index contributed by atoms with van der Waals surface area (Å²) in [5.41, 5.74) is 0.314. The van der Waals surface area contributed by atoms with Crippen molar-refractivity contribution in [1.82, 2.24) is 4.98 Å². The van der Waals surface area contributed by atoms with E-state index in [1.54, 1.807) is 13.8 Å². The van der Waals surface area contributed by atoms with Gasteiger partial charge in [0.2, 0.25) is 10.0 Å². The molecule has 1 aromatic heterocycles. The molecule has 84 valence electrons. The van der Waals surface area contributed by atoms with Crippen molar-refractivity contribution < 1.29 is 8.42 Å². The average Bonchev–Trinajstić information content (AvgIpc) is 1.99. The second-order valence-electron chi connectivity index (χ2n) is 3.20. The minimum Gasteiger partial charge on any atom is -0.283 e.